The number of hydrogen-bond acceptors (Lipinski definition) is 6. The van der Waals surface area contributed by atoms with E-state index in [1.165, 1.54) is 0 Å². The molecule has 0 amide bonds. The number of ether oxygens (including phenoxy) is 2. The van der Waals surface area contributed by atoms with Crippen LogP contribution in [0.3, 0.4) is 0 Å². The van der Waals surface area contributed by atoms with Crippen molar-refractivity contribution in [2.24, 2.45) is 0 Å². The van der Waals surface area contributed by atoms with Gasteiger partial charge < -0.3 is 20.3 Å². The molecule has 1 aliphatic rings. The van der Waals surface area contributed by atoms with E-state index in [0.29, 0.717) is 21.1 Å². The summed E-state index contributed by atoms with van der Waals surface area (Å²) in [5.41, 5.74) is 5.98. The van der Waals surface area contributed by atoms with Crippen molar-refractivity contribution in [1.29, 1.82) is 0 Å². The smallest absolute Gasteiger partial charge is 0.199 e. The summed E-state index contributed by atoms with van der Waals surface area (Å²) >= 11 is 1.05. The van der Waals surface area contributed by atoms with Crippen molar-refractivity contribution in [2.45, 2.75) is 6.10 Å². The van der Waals surface area contributed by atoms with Crippen molar-refractivity contribution in [3.8, 4) is 11.5 Å². The molecular formula is C10H9FN2O3S. The van der Waals surface area contributed by atoms with E-state index in [2.05, 4.69) is 4.98 Å². The summed E-state index contributed by atoms with van der Waals surface area (Å²) < 4.78 is 25.1. The number of aromatic nitrogens is 1. The number of nitrogens with zero attached hydrogens (tertiary/aromatic N) is 1. The van der Waals surface area contributed by atoms with Gasteiger partial charge >= 0.3 is 0 Å². The first-order valence-corrected chi connectivity index (χ1v) is 5.79. The van der Waals surface area contributed by atoms with Crippen molar-refractivity contribution in [3.63, 3.8) is 0 Å². The zero-order chi connectivity index (χ0) is 12.0. The van der Waals surface area contributed by atoms with Gasteiger partial charge in [0.1, 0.15) is 6.61 Å². The molecule has 1 aliphatic heterocycles. The third kappa shape index (κ3) is 1.58. The summed E-state index contributed by atoms with van der Waals surface area (Å²) in [7, 11) is 0. The number of thiazole rings is 1. The second kappa shape index (κ2) is 3.71. The highest BCUT2D eigenvalue weighted by Crippen LogP contribution is 2.41. The minimum absolute atomic E-state index is 0.0199. The topological polar surface area (TPSA) is 77.6 Å². The summed E-state index contributed by atoms with van der Waals surface area (Å²) in [6.45, 7) is -0.0319. The second-order valence-electron chi connectivity index (χ2n) is 3.65. The summed E-state index contributed by atoms with van der Waals surface area (Å²) in [5.74, 6) is -0.221. The van der Waals surface area contributed by atoms with Gasteiger partial charge in [0.15, 0.2) is 28.6 Å². The summed E-state index contributed by atoms with van der Waals surface area (Å²) in [5, 5.41) is 9.26. The molecule has 3 rings (SSSR count). The maximum atomic E-state index is 14.1. The maximum Gasteiger partial charge on any atom is 0.199 e. The molecule has 0 fully saturated rings. The van der Waals surface area contributed by atoms with Crippen molar-refractivity contribution in [1.82, 2.24) is 4.98 Å². The average Bonchev–Trinajstić information content (AvgIpc) is 2.70. The zero-order valence-electron chi connectivity index (χ0n) is 8.64. The molecule has 5 nitrogen and oxygen atoms in total. The van der Waals surface area contributed by atoms with Crippen LogP contribution in [-0.2, 0) is 0 Å². The Hall–Kier alpha value is -1.60. The summed E-state index contributed by atoms with van der Waals surface area (Å²) in [6.07, 6.45) is -0.542. The highest BCUT2D eigenvalue weighted by Gasteiger charge is 2.26. The molecular weight excluding hydrogens is 247 g/mol. The van der Waals surface area contributed by atoms with Crippen LogP contribution in [0.5, 0.6) is 11.5 Å². The lowest BCUT2D eigenvalue weighted by Crippen LogP contribution is -2.32. The number of nitrogen functional groups attached to an aromatic ring is 1. The molecule has 0 saturated carbocycles. The van der Waals surface area contributed by atoms with Gasteiger partial charge in [-0.05, 0) is 0 Å². The Morgan fingerprint density at radius 2 is 2.47 bits per heavy atom. The minimum Gasteiger partial charge on any atom is -0.486 e. The summed E-state index contributed by atoms with van der Waals surface area (Å²) in [6, 6.07) is 1.59. The van der Waals surface area contributed by atoms with E-state index in [1.54, 1.807) is 6.07 Å². The molecule has 0 aliphatic carbocycles. The lowest BCUT2D eigenvalue weighted by molar-refractivity contribution is 0.0423. The van der Waals surface area contributed by atoms with Gasteiger partial charge in [0.2, 0.25) is 0 Å². The SMILES string of the molecule is Nc1nc2cc3c(c(F)c2s1)OC(CO)CO3. The Bertz CT molecular complexity index is 586. The van der Waals surface area contributed by atoms with Gasteiger partial charge in [0.25, 0.3) is 0 Å². The number of anilines is 1. The normalized spacial score (nSPS) is 18.6. The second-order valence-corrected chi connectivity index (χ2v) is 4.68. The fourth-order valence-electron chi connectivity index (χ4n) is 1.70. The van der Waals surface area contributed by atoms with Crippen LogP contribution in [0.25, 0.3) is 10.2 Å². The molecule has 17 heavy (non-hydrogen) atoms. The number of hydrogen-bond donors (Lipinski definition) is 2. The van der Waals surface area contributed by atoms with Gasteiger partial charge in [-0.3, -0.25) is 0 Å². The van der Waals surface area contributed by atoms with Gasteiger partial charge in [0, 0.05) is 6.07 Å². The van der Waals surface area contributed by atoms with Crippen molar-refractivity contribution < 1.29 is 19.0 Å². The maximum absolute atomic E-state index is 14.1. The number of halogens is 1. The van der Waals surface area contributed by atoms with Crippen LogP contribution in [0.2, 0.25) is 0 Å². The van der Waals surface area contributed by atoms with E-state index in [9.17, 15) is 4.39 Å². The van der Waals surface area contributed by atoms with Crippen LogP contribution < -0.4 is 15.2 Å². The fourth-order valence-corrected chi connectivity index (χ4v) is 2.44. The predicted molar refractivity (Wildman–Crippen MR) is 61.0 cm³/mol. The summed E-state index contributed by atoms with van der Waals surface area (Å²) in [4.78, 5) is 3.99. The fraction of sp³-hybridized carbons (Fsp3) is 0.300. The van der Waals surface area contributed by atoms with Gasteiger partial charge in [-0.15, -0.1) is 0 Å². The minimum atomic E-state index is -0.542. The molecule has 90 valence electrons. The number of fused-ring (bicyclic) bond motifs is 2. The van der Waals surface area contributed by atoms with Crippen LogP contribution in [-0.4, -0.2) is 29.4 Å². The van der Waals surface area contributed by atoms with E-state index in [-0.39, 0.29) is 19.0 Å². The molecule has 1 unspecified atom stereocenters. The number of aliphatic hydroxyl groups excluding tert-OH is 1. The number of benzene rings is 1. The standard InChI is InChI=1S/C10H9FN2O3S/c11-7-8-6(15-3-4(2-14)16-8)1-5-9(7)17-10(12)13-5/h1,4,14H,2-3H2,(H2,12,13). The van der Waals surface area contributed by atoms with Crippen LogP contribution >= 0.6 is 11.3 Å². The Morgan fingerprint density at radius 1 is 1.65 bits per heavy atom. The van der Waals surface area contributed by atoms with E-state index in [0.717, 1.165) is 11.3 Å². The Morgan fingerprint density at radius 3 is 3.24 bits per heavy atom. The molecule has 0 bridgehead atoms. The van der Waals surface area contributed by atoms with E-state index < -0.39 is 11.9 Å². The molecule has 2 heterocycles. The molecule has 0 spiro atoms. The zero-order valence-corrected chi connectivity index (χ0v) is 9.46. The van der Waals surface area contributed by atoms with Crippen LogP contribution in [0.4, 0.5) is 9.52 Å². The number of rotatable bonds is 1. The molecule has 7 heteroatoms. The van der Waals surface area contributed by atoms with Crippen molar-refractivity contribution in [2.75, 3.05) is 18.9 Å². The van der Waals surface area contributed by atoms with E-state index >= 15 is 0 Å². The van der Waals surface area contributed by atoms with Gasteiger partial charge in [-0.25, -0.2) is 9.37 Å². The van der Waals surface area contributed by atoms with E-state index in [1.807, 2.05) is 0 Å². The first-order valence-electron chi connectivity index (χ1n) is 4.98. The molecule has 1 aromatic carbocycles. The Labute approximate surface area is 99.6 Å². The lowest BCUT2D eigenvalue weighted by Gasteiger charge is -2.25. The quantitative estimate of drug-likeness (QED) is 0.800. The van der Waals surface area contributed by atoms with Gasteiger partial charge in [-0.2, -0.15) is 0 Å². The largest absolute Gasteiger partial charge is 0.486 e. The first kappa shape index (κ1) is 10.5. The highest BCUT2D eigenvalue weighted by atomic mass is 32.1. The van der Waals surface area contributed by atoms with Gasteiger partial charge in [-0.1, -0.05) is 11.3 Å². The number of aliphatic hydroxyl groups is 1. The Kier molecular flexibility index (Phi) is 2.30. The van der Waals surface area contributed by atoms with Crippen LogP contribution in [0.1, 0.15) is 0 Å². The molecule has 0 radical (unpaired) electrons. The van der Waals surface area contributed by atoms with Crippen molar-refractivity contribution in [3.05, 3.63) is 11.9 Å². The third-order valence-electron chi connectivity index (χ3n) is 2.47. The number of nitrogens with two attached hydrogens (primary N) is 1. The van der Waals surface area contributed by atoms with Crippen molar-refractivity contribution >= 4 is 26.7 Å². The molecule has 2 aromatic rings. The van der Waals surface area contributed by atoms with Crippen LogP contribution in [0, 0.1) is 5.82 Å². The average molecular weight is 256 g/mol. The third-order valence-corrected chi connectivity index (χ3v) is 3.37. The van der Waals surface area contributed by atoms with Crippen LogP contribution in [0.15, 0.2) is 6.07 Å². The monoisotopic (exact) mass is 256 g/mol. The Balaban J connectivity index is 2.18. The molecule has 1 atom stereocenters. The predicted octanol–water partition coefficient (Wildman–Crippen LogP) is 1.15. The first-order chi connectivity index (χ1) is 8.19. The molecule has 3 N–H and O–H groups in total. The molecule has 1 aromatic heterocycles. The van der Waals surface area contributed by atoms with Gasteiger partial charge in [0.05, 0.1) is 16.8 Å². The van der Waals surface area contributed by atoms with E-state index in [4.69, 9.17) is 20.3 Å². The molecule has 0 saturated heterocycles. The highest BCUT2D eigenvalue weighted by molar-refractivity contribution is 7.22. The lowest BCUT2D eigenvalue weighted by atomic mass is 10.2.